The second kappa shape index (κ2) is 7.92. The summed E-state index contributed by atoms with van der Waals surface area (Å²) in [6.07, 6.45) is 0. The largest absolute Gasteiger partial charge is 0.339 e. The van der Waals surface area contributed by atoms with Crippen LogP contribution in [0.2, 0.25) is 0 Å². The van der Waals surface area contributed by atoms with Gasteiger partial charge in [0, 0.05) is 11.4 Å². The van der Waals surface area contributed by atoms with Crippen LogP contribution in [-0.4, -0.2) is 24.3 Å². The van der Waals surface area contributed by atoms with Gasteiger partial charge in [-0.15, -0.1) is 0 Å². The van der Waals surface area contributed by atoms with Gasteiger partial charge in [0.2, 0.25) is 5.91 Å². The number of carbonyl (C=O) groups excluding carboxylic acids is 3. The molecule has 0 aromatic heterocycles. The molecule has 124 valence electrons. The molecule has 0 aliphatic carbocycles. The summed E-state index contributed by atoms with van der Waals surface area (Å²) in [7, 11) is 0. The first-order chi connectivity index (χ1) is 11.4. The van der Waals surface area contributed by atoms with Gasteiger partial charge < -0.3 is 16.0 Å². The van der Waals surface area contributed by atoms with Gasteiger partial charge in [0.25, 0.3) is 0 Å². The number of hydrogen-bond donors (Lipinski definition) is 3. The molecule has 0 fully saturated rings. The van der Waals surface area contributed by atoms with Crippen LogP contribution in [0.25, 0.3) is 0 Å². The third kappa shape index (κ3) is 5.24. The van der Waals surface area contributed by atoms with E-state index in [4.69, 9.17) is 0 Å². The Bertz CT molecular complexity index is 737. The maximum atomic E-state index is 11.9. The highest BCUT2D eigenvalue weighted by atomic mass is 16.2. The molecule has 0 heterocycles. The molecule has 2 aromatic rings. The molecule has 2 rings (SSSR count). The van der Waals surface area contributed by atoms with Crippen molar-refractivity contribution in [3.8, 4) is 0 Å². The van der Waals surface area contributed by atoms with E-state index in [1.807, 2.05) is 26.0 Å². The minimum absolute atomic E-state index is 0.284. The van der Waals surface area contributed by atoms with Crippen molar-refractivity contribution >= 4 is 29.1 Å². The fourth-order valence-corrected chi connectivity index (χ4v) is 2.20. The lowest BCUT2D eigenvalue weighted by Gasteiger charge is -2.08. The smallest absolute Gasteiger partial charge is 0.313 e. The summed E-state index contributed by atoms with van der Waals surface area (Å²) in [4.78, 5) is 35.4. The van der Waals surface area contributed by atoms with E-state index in [1.165, 1.54) is 0 Å². The molecule has 0 saturated heterocycles. The van der Waals surface area contributed by atoms with E-state index in [2.05, 4.69) is 16.0 Å². The van der Waals surface area contributed by atoms with Crippen LogP contribution < -0.4 is 16.0 Å². The zero-order valence-electron chi connectivity index (χ0n) is 13.6. The zero-order chi connectivity index (χ0) is 17.5. The van der Waals surface area contributed by atoms with E-state index < -0.39 is 17.7 Å². The highest BCUT2D eigenvalue weighted by Crippen LogP contribution is 2.13. The first kappa shape index (κ1) is 17.2. The summed E-state index contributed by atoms with van der Waals surface area (Å²) in [6.45, 7) is 3.52. The van der Waals surface area contributed by atoms with E-state index in [-0.39, 0.29) is 6.54 Å². The van der Waals surface area contributed by atoms with Gasteiger partial charge in [0.05, 0.1) is 6.54 Å². The quantitative estimate of drug-likeness (QED) is 0.751. The van der Waals surface area contributed by atoms with Crippen molar-refractivity contribution < 1.29 is 14.4 Å². The summed E-state index contributed by atoms with van der Waals surface area (Å²) in [6, 6.07) is 14.3. The number of amides is 3. The Hall–Kier alpha value is -3.15. The molecule has 6 nitrogen and oxygen atoms in total. The van der Waals surface area contributed by atoms with Crippen LogP contribution in [0.4, 0.5) is 11.4 Å². The number of anilines is 2. The van der Waals surface area contributed by atoms with Crippen LogP contribution >= 0.6 is 0 Å². The fraction of sp³-hybridized carbons (Fsp3) is 0.167. The number of benzene rings is 2. The van der Waals surface area contributed by atoms with Crippen LogP contribution in [0, 0.1) is 13.8 Å². The zero-order valence-corrected chi connectivity index (χ0v) is 13.6. The fourth-order valence-electron chi connectivity index (χ4n) is 2.20. The maximum absolute atomic E-state index is 11.9. The Labute approximate surface area is 140 Å². The Morgan fingerprint density at radius 3 is 2.04 bits per heavy atom. The van der Waals surface area contributed by atoms with Gasteiger partial charge in [-0.3, -0.25) is 14.4 Å². The van der Waals surface area contributed by atoms with E-state index in [0.29, 0.717) is 11.4 Å². The van der Waals surface area contributed by atoms with Gasteiger partial charge in [-0.05, 0) is 49.2 Å². The van der Waals surface area contributed by atoms with Crippen LogP contribution in [0.5, 0.6) is 0 Å². The molecule has 0 aliphatic rings. The van der Waals surface area contributed by atoms with Gasteiger partial charge in [-0.1, -0.05) is 24.3 Å². The van der Waals surface area contributed by atoms with Gasteiger partial charge in [0.1, 0.15) is 0 Å². The maximum Gasteiger partial charge on any atom is 0.313 e. The van der Waals surface area contributed by atoms with Gasteiger partial charge >= 0.3 is 11.8 Å². The van der Waals surface area contributed by atoms with Crippen molar-refractivity contribution in [2.24, 2.45) is 0 Å². The number of aryl methyl sites for hydroxylation is 2. The van der Waals surface area contributed by atoms with Gasteiger partial charge in [0.15, 0.2) is 0 Å². The minimum atomic E-state index is -0.864. The second-order valence-corrected chi connectivity index (χ2v) is 5.43. The van der Waals surface area contributed by atoms with Gasteiger partial charge in [-0.25, -0.2) is 0 Å². The number of nitrogens with one attached hydrogen (secondary N) is 3. The average Bonchev–Trinajstić information content (AvgIpc) is 2.52. The molecule has 24 heavy (non-hydrogen) atoms. The predicted molar refractivity (Wildman–Crippen MR) is 92.6 cm³/mol. The molecule has 3 N–H and O–H groups in total. The Balaban J connectivity index is 1.83. The Kier molecular flexibility index (Phi) is 5.68. The SMILES string of the molecule is Cc1cc(C)cc(NC(=O)C(=O)NCC(=O)Nc2ccccc2)c1. The van der Waals surface area contributed by atoms with Crippen LogP contribution in [0.3, 0.4) is 0 Å². The molecule has 0 atom stereocenters. The number of hydrogen-bond acceptors (Lipinski definition) is 3. The summed E-state index contributed by atoms with van der Waals surface area (Å²) < 4.78 is 0. The summed E-state index contributed by atoms with van der Waals surface area (Å²) in [5, 5.41) is 7.42. The molecule has 0 spiro atoms. The predicted octanol–water partition coefficient (Wildman–Crippen LogP) is 2.00. The summed E-state index contributed by atoms with van der Waals surface area (Å²) in [5.41, 5.74) is 3.12. The monoisotopic (exact) mass is 325 g/mol. The molecule has 0 unspecified atom stereocenters. The molecule has 0 saturated carbocycles. The molecular weight excluding hydrogens is 306 g/mol. The van der Waals surface area contributed by atoms with Crippen molar-refractivity contribution in [2.75, 3.05) is 17.2 Å². The van der Waals surface area contributed by atoms with Gasteiger partial charge in [-0.2, -0.15) is 0 Å². The third-order valence-corrected chi connectivity index (χ3v) is 3.15. The highest BCUT2D eigenvalue weighted by molar-refractivity contribution is 6.39. The van der Waals surface area contributed by atoms with Crippen LogP contribution in [-0.2, 0) is 14.4 Å². The lowest BCUT2D eigenvalue weighted by atomic mass is 10.1. The molecule has 3 amide bonds. The molecule has 0 aliphatic heterocycles. The number of rotatable bonds is 4. The third-order valence-electron chi connectivity index (χ3n) is 3.15. The van der Waals surface area contributed by atoms with E-state index in [1.54, 1.807) is 36.4 Å². The second-order valence-electron chi connectivity index (χ2n) is 5.43. The Morgan fingerprint density at radius 1 is 0.792 bits per heavy atom. The Morgan fingerprint density at radius 2 is 1.42 bits per heavy atom. The van der Waals surface area contributed by atoms with E-state index >= 15 is 0 Å². The van der Waals surface area contributed by atoms with Crippen molar-refractivity contribution in [1.82, 2.24) is 5.32 Å². The normalized spacial score (nSPS) is 9.92. The summed E-state index contributed by atoms with van der Waals surface area (Å²) in [5.74, 6) is -2.08. The molecule has 2 aromatic carbocycles. The minimum Gasteiger partial charge on any atom is -0.339 e. The van der Waals surface area contributed by atoms with Crippen molar-refractivity contribution in [3.63, 3.8) is 0 Å². The molecule has 0 bridgehead atoms. The molecular formula is C18H19N3O3. The van der Waals surface area contributed by atoms with Crippen molar-refractivity contribution in [3.05, 3.63) is 59.7 Å². The molecule has 0 radical (unpaired) electrons. The number of para-hydroxylation sites is 1. The molecule has 6 heteroatoms. The summed E-state index contributed by atoms with van der Waals surface area (Å²) >= 11 is 0. The lowest BCUT2D eigenvalue weighted by Crippen LogP contribution is -2.39. The first-order valence-electron chi connectivity index (χ1n) is 7.46. The topological polar surface area (TPSA) is 87.3 Å². The van der Waals surface area contributed by atoms with Crippen LogP contribution in [0.15, 0.2) is 48.5 Å². The van der Waals surface area contributed by atoms with E-state index in [9.17, 15) is 14.4 Å². The van der Waals surface area contributed by atoms with Crippen molar-refractivity contribution in [2.45, 2.75) is 13.8 Å². The van der Waals surface area contributed by atoms with Crippen molar-refractivity contribution in [1.29, 1.82) is 0 Å². The van der Waals surface area contributed by atoms with E-state index in [0.717, 1.165) is 11.1 Å². The van der Waals surface area contributed by atoms with Crippen LogP contribution in [0.1, 0.15) is 11.1 Å². The standard InChI is InChI=1S/C18H19N3O3/c1-12-8-13(2)10-15(9-12)21-18(24)17(23)19-11-16(22)20-14-6-4-3-5-7-14/h3-10H,11H2,1-2H3,(H,19,23)(H,20,22)(H,21,24). The number of carbonyl (C=O) groups is 3. The first-order valence-corrected chi connectivity index (χ1v) is 7.46. The lowest BCUT2D eigenvalue weighted by molar-refractivity contribution is -0.136. The highest BCUT2D eigenvalue weighted by Gasteiger charge is 2.15. The average molecular weight is 325 g/mol.